The molecular formula is C20H15N3O4S. The maximum atomic E-state index is 12.3. The molecule has 0 atom stereocenters. The summed E-state index contributed by atoms with van der Waals surface area (Å²) in [6.07, 6.45) is 0. The van der Waals surface area contributed by atoms with Crippen LogP contribution in [0, 0.1) is 0 Å². The van der Waals surface area contributed by atoms with Crippen molar-refractivity contribution < 1.29 is 18.3 Å². The number of phenolic OH excluding ortho intramolecular Hbond substituents is 1. The number of nitrogens with one attached hydrogen (secondary N) is 2. The summed E-state index contributed by atoms with van der Waals surface area (Å²) >= 11 is 0. The molecule has 0 fully saturated rings. The van der Waals surface area contributed by atoms with Gasteiger partial charge in [-0.2, -0.15) is 8.42 Å². The fourth-order valence-electron chi connectivity index (χ4n) is 2.81. The van der Waals surface area contributed by atoms with Gasteiger partial charge in [-0.15, -0.1) is 4.40 Å². The minimum Gasteiger partial charge on any atom is -0.506 e. The van der Waals surface area contributed by atoms with Crippen LogP contribution in [0.4, 0.5) is 11.4 Å². The molecule has 0 saturated heterocycles. The highest BCUT2D eigenvalue weighted by molar-refractivity contribution is 7.90. The van der Waals surface area contributed by atoms with Crippen LogP contribution in [0.15, 0.2) is 82.1 Å². The summed E-state index contributed by atoms with van der Waals surface area (Å²) in [5.74, 6) is -0.158. The molecule has 1 aliphatic rings. The van der Waals surface area contributed by atoms with Gasteiger partial charge in [0.2, 0.25) is 0 Å². The summed E-state index contributed by atoms with van der Waals surface area (Å²) in [5.41, 5.74) is 1.79. The zero-order valence-corrected chi connectivity index (χ0v) is 15.3. The molecule has 140 valence electrons. The Labute approximate surface area is 161 Å². The number of amidine groups is 1. The van der Waals surface area contributed by atoms with Gasteiger partial charge in [0.15, 0.2) is 5.84 Å². The third-order valence-electron chi connectivity index (χ3n) is 4.19. The highest BCUT2D eigenvalue weighted by atomic mass is 32.2. The van der Waals surface area contributed by atoms with E-state index in [1.807, 2.05) is 0 Å². The number of hydrogen-bond donors (Lipinski definition) is 3. The second-order valence-electron chi connectivity index (χ2n) is 6.08. The lowest BCUT2D eigenvalue weighted by molar-refractivity contribution is 0.102. The lowest BCUT2D eigenvalue weighted by Gasteiger charge is -2.09. The van der Waals surface area contributed by atoms with E-state index in [-0.39, 0.29) is 22.4 Å². The standard InChI is InChI=1S/C20H15N3O4S/c24-17-7-3-2-6-16(17)22-20(25)13-9-11-14(12-10-13)21-19-15-5-1-4-8-18(15)28(26,27)23-19/h1-12,24H,(H,21,23)(H,22,25). The van der Waals surface area contributed by atoms with Gasteiger partial charge in [0.1, 0.15) is 10.6 Å². The van der Waals surface area contributed by atoms with Gasteiger partial charge >= 0.3 is 0 Å². The highest BCUT2D eigenvalue weighted by Crippen LogP contribution is 2.27. The number of aromatic hydroxyl groups is 1. The van der Waals surface area contributed by atoms with Crippen molar-refractivity contribution in [3.8, 4) is 5.75 Å². The van der Waals surface area contributed by atoms with Gasteiger partial charge in [-0.05, 0) is 48.5 Å². The summed E-state index contributed by atoms with van der Waals surface area (Å²) in [5, 5.41) is 15.4. The van der Waals surface area contributed by atoms with Crippen molar-refractivity contribution in [2.24, 2.45) is 4.40 Å². The van der Waals surface area contributed by atoms with Gasteiger partial charge in [0, 0.05) is 16.8 Å². The van der Waals surface area contributed by atoms with E-state index in [1.165, 1.54) is 12.1 Å². The van der Waals surface area contributed by atoms with Crippen LogP contribution in [-0.2, 0) is 10.0 Å². The van der Waals surface area contributed by atoms with Crippen LogP contribution in [0.3, 0.4) is 0 Å². The first-order valence-corrected chi connectivity index (χ1v) is 9.79. The second kappa shape index (κ2) is 6.82. The van der Waals surface area contributed by atoms with Gasteiger partial charge in [-0.1, -0.05) is 24.3 Å². The molecule has 7 nitrogen and oxygen atoms in total. The molecule has 0 radical (unpaired) electrons. The van der Waals surface area contributed by atoms with Gasteiger partial charge in [0.05, 0.1) is 5.69 Å². The number of phenols is 1. The average molecular weight is 393 g/mol. The van der Waals surface area contributed by atoms with E-state index < -0.39 is 10.0 Å². The molecule has 3 aromatic rings. The SMILES string of the molecule is O=C(Nc1ccccc1O)c1ccc(NC2=NS(=O)(=O)c3ccccc32)cc1. The van der Waals surface area contributed by atoms with E-state index >= 15 is 0 Å². The van der Waals surface area contributed by atoms with Crippen LogP contribution in [0.5, 0.6) is 5.75 Å². The number of amides is 1. The number of benzene rings is 3. The van der Waals surface area contributed by atoms with Gasteiger partial charge < -0.3 is 15.7 Å². The zero-order valence-electron chi connectivity index (χ0n) is 14.5. The molecule has 4 rings (SSSR count). The molecule has 8 heteroatoms. The minimum absolute atomic E-state index is 0.0201. The molecule has 0 saturated carbocycles. The van der Waals surface area contributed by atoms with Crippen molar-refractivity contribution in [2.45, 2.75) is 4.90 Å². The van der Waals surface area contributed by atoms with Gasteiger partial charge in [-0.25, -0.2) is 0 Å². The lowest BCUT2D eigenvalue weighted by Crippen LogP contribution is -2.13. The third kappa shape index (κ3) is 3.33. The molecule has 0 unspecified atom stereocenters. The number of rotatable bonds is 3. The van der Waals surface area contributed by atoms with Crippen molar-refractivity contribution in [1.82, 2.24) is 0 Å². The van der Waals surface area contributed by atoms with Gasteiger partial charge in [0.25, 0.3) is 15.9 Å². The number of fused-ring (bicyclic) bond motifs is 1. The molecule has 28 heavy (non-hydrogen) atoms. The lowest BCUT2D eigenvalue weighted by atomic mass is 10.1. The number of sulfonamides is 1. The summed E-state index contributed by atoms with van der Waals surface area (Å²) in [6, 6.07) is 19.5. The normalized spacial score (nSPS) is 14.1. The van der Waals surface area contributed by atoms with Crippen molar-refractivity contribution in [1.29, 1.82) is 0 Å². The molecular weight excluding hydrogens is 378 g/mol. The molecule has 1 amide bonds. The Morgan fingerprint density at radius 3 is 2.32 bits per heavy atom. The molecule has 1 aliphatic heterocycles. The Hall–Kier alpha value is -3.65. The molecule has 0 spiro atoms. The summed E-state index contributed by atoms with van der Waals surface area (Å²) < 4.78 is 28.0. The van der Waals surface area contributed by atoms with Crippen LogP contribution >= 0.6 is 0 Å². The van der Waals surface area contributed by atoms with Crippen molar-refractivity contribution in [3.63, 3.8) is 0 Å². The van der Waals surface area contributed by atoms with Crippen molar-refractivity contribution >= 4 is 33.1 Å². The van der Waals surface area contributed by atoms with Crippen LogP contribution in [-0.4, -0.2) is 25.3 Å². The van der Waals surface area contributed by atoms with E-state index in [1.54, 1.807) is 60.7 Å². The number of carbonyl (C=O) groups excluding carboxylic acids is 1. The van der Waals surface area contributed by atoms with Crippen LogP contribution < -0.4 is 10.6 Å². The Morgan fingerprint density at radius 1 is 0.893 bits per heavy atom. The molecule has 3 aromatic carbocycles. The van der Waals surface area contributed by atoms with E-state index in [9.17, 15) is 18.3 Å². The fourth-order valence-corrected chi connectivity index (χ4v) is 3.99. The van der Waals surface area contributed by atoms with Crippen LogP contribution in [0.2, 0.25) is 0 Å². The number of carbonyl (C=O) groups is 1. The zero-order chi connectivity index (χ0) is 19.7. The minimum atomic E-state index is -3.70. The Balaban J connectivity index is 1.52. The average Bonchev–Trinajstić information content (AvgIpc) is 2.95. The second-order valence-corrected chi connectivity index (χ2v) is 7.66. The molecule has 0 aliphatic carbocycles. The van der Waals surface area contributed by atoms with E-state index in [0.717, 1.165) is 0 Å². The predicted octanol–water partition coefficient (Wildman–Crippen LogP) is 3.21. The van der Waals surface area contributed by atoms with Gasteiger partial charge in [-0.3, -0.25) is 4.79 Å². The topological polar surface area (TPSA) is 108 Å². The summed E-state index contributed by atoms with van der Waals surface area (Å²) in [4.78, 5) is 12.5. The first kappa shape index (κ1) is 17.7. The summed E-state index contributed by atoms with van der Waals surface area (Å²) in [6.45, 7) is 0. The molecule has 0 bridgehead atoms. The van der Waals surface area contributed by atoms with Crippen molar-refractivity contribution in [2.75, 3.05) is 10.6 Å². The summed E-state index contributed by atoms with van der Waals surface area (Å²) in [7, 11) is -3.70. The fraction of sp³-hybridized carbons (Fsp3) is 0. The first-order valence-electron chi connectivity index (χ1n) is 8.35. The van der Waals surface area contributed by atoms with E-state index in [2.05, 4.69) is 15.0 Å². The van der Waals surface area contributed by atoms with Crippen molar-refractivity contribution in [3.05, 3.63) is 83.9 Å². The Morgan fingerprint density at radius 2 is 1.57 bits per heavy atom. The molecule has 0 aromatic heterocycles. The van der Waals surface area contributed by atoms with E-state index in [4.69, 9.17) is 0 Å². The number of para-hydroxylation sites is 2. The van der Waals surface area contributed by atoms with E-state index in [0.29, 0.717) is 22.5 Å². The monoisotopic (exact) mass is 393 g/mol. The quantitative estimate of drug-likeness (QED) is 0.592. The number of anilines is 2. The maximum absolute atomic E-state index is 12.3. The largest absolute Gasteiger partial charge is 0.506 e. The first-order chi connectivity index (χ1) is 13.4. The predicted molar refractivity (Wildman–Crippen MR) is 106 cm³/mol. The van der Waals surface area contributed by atoms with Crippen LogP contribution in [0.25, 0.3) is 0 Å². The highest BCUT2D eigenvalue weighted by Gasteiger charge is 2.28. The molecule has 1 heterocycles. The Bertz CT molecular complexity index is 1200. The molecule has 3 N–H and O–H groups in total. The maximum Gasteiger partial charge on any atom is 0.285 e. The number of nitrogens with zero attached hydrogens (tertiary/aromatic N) is 1. The van der Waals surface area contributed by atoms with Crippen LogP contribution in [0.1, 0.15) is 15.9 Å². The smallest absolute Gasteiger partial charge is 0.285 e. The Kier molecular flexibility index (Phi) is 4.32. The number of hydrogen-bond acceptors (Lipinski definition) is 5. The third-order valence-corrected chi connectivity index (χ3v) is 5.53.